The summed E-state index contributed by atoms with van der Waals surface area (Å²) in [6.07, 6.45) is 8.71. The third-order valence-electron chi connectivity index (χ3n) is 2.41. The Morgan fingerprint density at radius 3 is 2.67 bits per heavy atom. The lowest BCUT2D eigenvalue weighted by Crippen LogP contribution is -2.12. The zero-order valence-corrected chi connectivity index (χ0v) is 8.61. The van der Waals surface area contributed by atoms with Crippen molar-refractivity contribution in [1.29, 1.82) is 0 Å². The molecular formula is C10H18OS. The number of hydrogen-bond acceptors (Lipinski definition) is 2. The van der Waals surface area contributed by atoms with Crippen molar-refractivity contribution >= 4 is 18.0 Å². The van der Waals surface area contributed by atoms with Crippen molar-refractivity contribution in [3.63, 3.8) is 0 Å². The van der Waals surface area contributed by atoms with Gasteiger partial charge < -0.3 is 4.79 Å². The van der Waals surface area contributed by atoms with E-state index in [1.165, 1.54) is 32.1 Å². The second-order valence-electron chi connectivity index (χ2n) is 3.61. The Bertz CT molecular complexity index is 130. The monoisotopic (exact) mass is 186 g/mol. The van der Waals surface area contributed by atoms with E-state index >= 15 is 0 Å². The number of carbonyl (C=O) groups excluding carboxylic acids is 1. The molecule has 12 heavy (non-hydrogen) atoms. The summed E-state index contributed by atoms with van der Waals surface area (Å²) in [6.45, 7) is 2.16. The maximum Gasteiger partial charge on any atom is 0.121 e. The van der Waals surface area contributed by atoms with Crippen LogP contribution in [0.3, 0.4) is 0 Å². The zero-order chi connectivity index (χ0) is 8.81. The summed E-state index contributed by atoms with van der Waals surface area (Å²) in [7, 11) is 0. The molecular weight excluding hydrogens is 168 g/mol. The summed E-state index contributed by atoms with van der Waals surface area (Å²) >= 11 is 2.01. The second-order valence-corrected chi connectivity index (χ2v) is 5.35. The van der Waals surface area contributed by atoms with Crippen LogP contribution in [-0.2, 0) is 4.79 Å². The van der Waals surface area contributed by atoms with Crippen molar-refractivity contribution in [3.8, 4) is 0 Å². The van der Waals surface area contributed by atoms with Crippen LogP contribution in [0.25, 0.3) is 0 Å². The first kappa shape index (κ1) is 10.1. The molecule has 0 aromatic rings. The molecule has 1 aliphatic rings. The molecule has 0 bridgehead atoms. The maximum atomic E-state index is 10.2. The molecule has 1 unspecified atom stereocenters. The van der Waals surface area contributed by atoms with Crippen LogP contribution < -0.4 is 0 Å². The summed E-state index contributed by atoms with van der Waals surface area (Å²) in [5, 5.41) is 1.37. The molecule has 1 fully saturated rings. The Balaban J connectivity index is 2.15. The average Bonchev–Trinajstić information content (AvgIpc) is 2.06. The van der Waals surface area contributed by atoms with Crippen LogP contribution in [0.1, 0.15) is 45.4 Å². The van der Waals surface area contributed by atoms with Crippen molar-refractivity contribution < 1.29 is 4.79 Å². The lowest BCUT2D eigenvalue weighted by atomic mass is 10.0. The van der Waals surface area contributed by atoms with Crippen molar-refractivity contribution in [2.75, 3.05) is 0 Å². The van der Waals surface area contributed by atoms with Crippen LogP contribution >= 0.6 is 11.8 Å². The molecule has 0 aromatic carbocycles. The molecule has 0 radical (unpaired) electrons. The lowest BCUT2D eigenvalue weighted by molar-refractivity contribution is -0.107. The van der Waals surface area contributed by atoms with Gasteiger partial charge in [0.1, 0.15) is 6.29 Å². The summed E-state index contributed by atoms with van der Waals surface area (Å²) in [4.78, 5) is 10.2. The van der Waals surface area contributed by atoms with Gasteiger partial charge >= 0.3 is 0 Å². The predicted molar refractivity (Wildman–Crippen MR) is 54.6 cm³/mol. The Morgan fingerprint density at radius 2 is 2.08 bits per heavy atom. The van der Waals surface area contributed by atoms with Gasteiger partial charge in [-0.05, 0) is 12.8 Å². The maximum absolute atomic E-state index is 10.2. The Hall–Kier alpha value is 0.0200. The van der Waals surface area contributed by atoms with Crippen LogP contribution in [0.5, 0.6) is 0 Å². The van der Waals surface area contributed by atoms with Crippen LogP contribution in [-0.4, -0.2) is 16.8 Å². The third kappa shape index (κ3) is 3.61. The molecule has 0 aliphatic heterocycles. The highest BCUT2D eigenvalue weighted by Crippen LogP contribution is 2.31. The fraction of sp³-hybridized carbons (Fsp3) is 0.900. The van der Waals surface area contributed by atoms with Crippen LogP contribution in [0, 0.1) is 0 Å². The zero-order valence-electron chi connectivity index (χ0n) is 7.79. The number of carbonyl (C=O) groups is 1. The summed E-state index contributed by atoms with van der Waals surface area (Å²) < 4.78 is 0. The molecule has 0 heterocycles. The second kappa shape index (κ2) is 5.63. The molecule has 0 spiro atoms. The largest absolute Gasteiger partial charge is 0.303 e. The highest BCUT2D eigenvalue weighted by Gasteiger charge is 2.16. The summed E-state index contributed by atoms with van der Waals surface area (Å²) in [5.41, 5.74) is 0. The predicted octanol–water partition coefficient (Wildman–Crippen LogP) is 3.03. The summed E-state index contributed by atoms with van der Waals surface area (Å²) in [5.74, 6) is 0. The summed E-state index contributed by atoms with van der Waals surface area (Å²) in [6, 6.07) is 0. The molecule has 0 saturated heterocycles. The number of thioether (sulfide) groups is 1. The normalized spacial score (nSPS) is 22.1. The van der Waals surface area contributed by atoms with Gasteiger partial charge in [0.15, 0.2) is 0 Å². The fourth-order valence-electron chi connectivity index (χ4n) is 1.72. The minimum atomic E-state index is 0.533. The highest BCUT2D eigenvalue weighted by molar-refractivity contribution is 8.00. The van der Waals surface area contributed by atoms with Gasteiger partial charge in [-0.1, -0.05) is 26.2 Å². The Kier molecular flexibility index (Phi) is 4.74. The van der Waals surface area contributed by atoms with E-state index in [1.807, 2.05) is 11.8 Å². The van der Waals surface area contributed by atoms with Crippen molar-refractivity contribution in [3.05, 3.63) is 0 Å². The van der Waals surface area contributed by atoms with E-state index in [0.29, 0.717) is 5.25 Å². The minimum Gasteiger partial charge on any atom is -0.303 e. The fourth-order valence-corrected chi connectivity index (χ4v) is 3.17. The molecule has 0 aromatic heterocycles. The number of hydrogen-bond donors (Lipinski definition) is 0. The van der Waals surface area contributed by atoms with E-state index in [0.717, 1.165) is 18.0 Å². The van der Waals surface area contributed by atoms with E-state index in [4.69, 9.17) is 0 Å². The average molecular weight is 186 g/mol. The van der Waals surface area contributed by atoms with Gasteiger partial charge in [0, 0.05) is 16.9 Å². The molecule has 0 amide bonds. The molecule has 1 atom stereocenters. The van der Waals surface area contributed by atoms with E-state index in [9.17, 15) is 4.79 Å². The smallest absolute Gasteiger partial charge is 0.121 e. The quantitative estimate of drug-likeness (QED) is 0.628. The van der Waals surface area contributed by atoms with Gasteiger partial charge in [0.25, 0.3) is 0 Å². The molecule has 70 valence electrons. The van der Waals surface area contributed by atoms with E-state index < -0.39 is 0 Å². The molecule has 1 nitrogen and oxygen atoms in total. The van der Waals surface area contributed by atoms with Gasteiger partial charge in [-0.15, -0.1) is 0 Å². The van der Waals surface area contributed by atoms with Crippen LogP contribution in [0.15, 0.2) is 0 Å². The lowest BCUT2D eigenvalue weighted by Gasteiger charge is -2.23. The van der Waals surface area contributed by atoms with E-state index in [2.05, 4.69) is 6.92 Å². The van der Waals surface area contributed by atoms with E-state index in [1.54, 1.807) is 0 Å². The van der Waals surface area contributed by atoms with Crippen molar-refractivity contribution in [2.45, 2.75) is 55.9 Å². The molecule has 2 heteroatoms. The standard InChI is InChI=1S/C10H18OS/c1-9(7-8-11)12-10-5-3-2-4-6-10/h8-10H,2-7H2,1H3. The first-order valence-corrected chi connectivity index (χ1v) is 5.86. The van der Waals surface area contributed by atoms with Crippen LogP contribution in [0.2, 0.25) is 0 Å². The highest BCUT2D eigenvalue weighted by atomic mass is 32.2. The topological polar surface area (TPSA) is 17.1 Å². The molecule has 1 saturated carbocycles. The van der Waals surface area contributed by atoms with Gasteiger partial charge in [-0.2, -0.15) is 11.8 Å². The van der Waals surface area contributed by atoms with E-state index in [-0.39, 0.29) is 0 Å². The van der Waals surface area contributed by atoms with Gasteiger partial charge in [-0.25, -0.2) is 0 Å². The van der Waals surface area contributed by atoms with Crippen molar-refractivity contribution in [1.82, 2.24) is 0 Å². The first-order chi connectivity index (χ1) is 5.83. The first-order valence-electron chi connectivity index (χ1n) is 4.92. The molecule has 1 aliphatic carbocycles. The van der Waals surface area contributed by atoms with Crippen LogP contribution in [0.4, 0.5) is 0 Å². The Labute approximate surface area is 79.3 Å². The molecule has 1 rings (SSSR count). The Morgan fingerprint density at radius 1 is 1.42 bits per heavy atom. The van der Waals surface area contributed by atoms with Gasteiger partial charge in [-0.3, -0.25) is 0 Å². The van der Waals surface area contributed by atoms with Gasteiger partial charge in [0.2, 0.25) is 0 Å². The SMILES string of the molecule is CC(CC=O)SC1CCCCC1. The number of aldehydes is 1. The number of rotatable bonds is 4. The third-order valence-corrected chi connectivity index (χ3v) is 3.92. The minimum absolute atomic E-state index is 0.533. The van der Waals surface area contributed by atoms with Crippen molar-refractivity contribution in [2.24, 2.45) is 0 Å². The van der Waals surface area contributed by atoms with Gasteiger partial charge in [0.05, 0.1) is 0 Å². The molecule has 0 N–H and O–H groups in total.